The van der Waals surface area contributed by atoms with E-state index >= 15 is 0 Å². The van der Waals surface area contributed by atoms with Crippen molar-refractivity contribution >= 4 is 22.4 Å². The Labute approximate surface area is 215 Å². The minimum atomic E-state index is -0.206. The third-order valence-corrected chi connectivity index (χ3v) is 7.30. The van der Waals surface area contributed by atoms with Gasteiger partial charge in [-0.1, -0.05) is 29.5 Å². The van der Waals surface area contributed by atoms with Crippen molar-refractivity contribution in [1.82, 2.24) is 29.4 Å². The molecule has 8 nitrogen and oxygen atoms in total. The molecule has 37 heavy (non-hydrogen) atoms. The summed E-state index contributed by atoms with van der Waals surface area (Å²) in [6.45, 7) is 2.07. The lowest BCUT2D eigenvalue weighted by molar-refractivity contribution is 0.254. The molecule has 0 amide bonds. The van der Waals surface area contributed by atoms with Crippen molar-refractivity contribution < 1.29 is 4.74 Å². The monoisotopic (exact) mass is 504 g/mol. The van der Waals surface area contributed by atoms with E-state index in [-0.39, 0.29) is 11.7 Å². The maximum Gasteiger partial charge on any atom is 0.291 e. The largest absolute Gasteiger partial charge is 0.490 e. The minimum absolute atomic E-state index is 0.160. The van der Waals surface area contributed by atoms with Crippen LogP contribution in [0, 0.1) is 0 Å². The molecule has 1 aliphatic rings. The van der Waals surface area contributed by atoms with Crippen molar-refractivity contribution in [1.29, 1.82) is 0 Å². The van der Waals surface area contributed by atoms with Crippen molar-refractivity contribution in [2.45, 2.75) is 19.4 Å². The topological polar surface area (TPSA) is 87.2 Å². The Kier molecular flexibility index (Phi) is 4.97. The molecule has 9 heteroatoms. The van der Waals surface area contributed by atoms with Crippen LogP contribution in [0.1, 0.15) is 18.1 Å². The Morgan fingerprint density at radius 2 is 1.86 bits per heavy atom. The van der Waals surface area contributed by atoms with Gasteiger partial charge in [-0.25, -0.2) is 4.68 Å². The number of aromatic nitrogens is 6. The maximum absolute atomic E-state index is 13.3. The SMILES string of the molecule is CC1Cc2cc(-c3nn(-c4ccccc4)cc3C=c3sc4nc(-c5ccncc5)nn4c3=O)ccc2O1. The molecular weight excluding hydrogens is 484 g/mol. The average molecular weight is 505 g/mol. The molecule has 1 atom stereocenters. The van der Waals surface area contributed by atoms with Crippen LogP contribution in [-0.4, -0.2) is 35.5 Å². The quantitative estimate of drug-likeness (QED) is 0.362. The number of thiazole rings is 1. The molecule has 5 heterocycles. The maximum atomic E-state index is 13.3. The summed E-state index contributed by atoms with van der Waals surface area (Å²) in [5, 5.41) is 9.37. The van der Waals surface area contributed by atoms with E-state index in [4.69, 9.17) is 9.84 Å². The standard InChI is InChI=1S/C28H20N6O2S/c1-17-13-20-14-19(7-8-23(20)36-17)25-21(16-33(31-25)22-5-3-2-4-6-22)15-24-27(35)34-28(37-24)30-26(32-34)18-9-11-29-12-10-18/h2-12,14-17H,13H2,1H3. The molecule has 6 aromatic rings. The summed E-state index contributed by atoms with van der Waals surface area (Å²) in [5.41, 5.74) is 5.32. The third kappa shape index (κ3) is 3.80. The molecule has 0 radical (unpaired) electrons. The number of hydrogen-bond donors (Lipinski definition) is 0. The molecular formula is C28H20N6O2S. The molecule has 2 aromatic carbocycles. The zero-order chi connectivity index (χ0) is 24.9. The van der Waals surface area contributed by atoms with Gasteiger partial charge in [0.2, 0.25) is 4.96 Å². The van der Waals surface area contributed by atoms with E-state index in [1.807, 2.05) is 71.6 Å². The number of pyridine rings is 1. The van der Waals surface area contributed by atoms with Gasteiger partial charge in [-0.3, -0.25) is 9.78 Å². The number of hydrogen-bond acceptors (Lipinski definition) is 7. The van der Waals surface area contributed by atoms with Crippen LogP contribution in [0.25, 0.3) is 39.4 Å². The fourth-order valence-electron chi connectivity index (χ4n) is 4.60. The first kappa shape index (κ1) is 21.6. The van der Waals surface area contributed by atoms with Gasteiger partial charge in [0, 0.05) is 41.7 Å². The summed E-state index contributed by atoms with van der Waals surface area (Å²) in [5.74, 6) is 1.42. The fourth-order valence-corrected chi connectivity index (χ4v) is 5.50. The van der Waals surface area contributed by atoms with Gasteiger partial charge in [-0.05, 0) is 61.0 Å². The molecule has 0 saturated heterocycles. The lowest BCUT2D eigenvalue weighted by Crippen LogP contribution is -2.23. The molecule has 0 bridgehead atoms. The van der Waals surface area contributed by atoms with Gasteiger partial charge >= 0.3 is 0 Å². The third-order valence-electron chi connectivity index (χ3n) is 6.34. The lowest BCUT2D eigenvalue weighted by Gasteiger charge is -2.04. The number of ether oxygens (including phenoxy) is 1. The van der Waals surface area contributed by atoms with Crippen LogP contribution >= 0.6 is 11.3 Å². The van der Waals surface area contributed by atoms with Crippen molar-refractivity contribution in [3.63, 3.8) is 0 Å². The number of nitrogens with zero attached hydrogens (tertiary/aromatic N) is 6. The second kappa shape index (κ2) is 8.49. The Bertz CT molecular complexity index is 1870. The van der Waals surface area contributed by atoms with Crippen LogP contribution in [-0.2, 0) is 6.42 Å². The summed E-state index contributed by atoms with van der Waals surface area (Å²) < 4.78 is 9.64. The van der Waals surface area contributed by atoms with Gasteiger partial charge in [-0.2, -0.15) is 14.6 Å². The van der Waals surface area contributed by atoms with Crippen LogP contribution in [0.4, 0.5) is 0 Å². The van der Waals surface area contributed by atoms with Crippen LogP contribution in [0.2, 0.25) is 0 Å². The van der Waals surface area contributed by atoms with E-state index in [1.54, 1.807) is 12.4 Å². The van der Waals surface area contributed by atoms with Crippen LogP contribution < -0.4 is 14.8 Å². The summed E-state index contributed by atoms with van der Waals surface area (Å²) in [6, 6.07) is 19.7. The molecule has 0 saturated carbocycles. The molecule has 1 unspecified atom stereocenters. The van der Waals surface area contributed by atoms with Gasteiger partial charge < -0.3 is 4.74 Å². The van der Waals surface area contributed by atoms with E-state index in [9.17, 15) is 4.79 Å². The Balaban J connectivity index is 1.37. The summed E-state index contributed by atoms with van der Waals surface area (Å²) in [4.78, 5) is 22.4. The second-order valence-electron chi connectivity index (χ2n) is 8.95. The van der Waals surface area contributed by atoms with E-state index in [0.717, 1.165) is 45.8 Å². The highest BCUT2D eigenvalue weighted by molar-refractivity contribution is 7.15. The number of rotatable bonds is 4. The first-order chi connectivity index (χ1) is 18.1. The predicted octanol–water partition coefficient (Wildman–Crippen LogP) is 3.94. The van der Waals surface area contributed by atoms with E-state index < -0.39 is 0 Å². The average Bonchev–Trinajstić information content (AvgIpc) is 3.69. The Morgan fingerprint density at radius 1 is 1.03 bits per heavy atom. The number of fused-ring (bicyclic) bond motifs is 2. The first-order valence-electron chi connectivity index (χ1n) is 11.9. The smallest absolute Gasteiger partial charge is 0.291 e. The number of benzene rings is 2. The highest BCUT2D eigenvalue weighted by Gasteiger charge is 2.21. The summed E-state index contributed by atoms with van der Waals surface area (Å²) in [6.07, 6.45) is 8.21. The highest BCUT2D eigenvalue weighted by Crippen LogP contribution is 2.34. The molecule has 1 aliphatic heterocycles. The van der Waals surface area contributed by atoms with E-state index in [1.165, 1.54) is 15.9 Å². The molecule has 0 aliphatic carbocycles. The fraction of sp³-hybridized carbons (Fsp3) is 0.107. The minimum Gasteiger partial charge on any atom is -0.490 e. The zero-order valence-electron chi connectivity index (χ0n) is 19.8. The molecule has 0 N–H and O–H groups in total. The van der Waals surface area contributed by atoms with Crippen molar-refractivity contribution in [3.05, 3.63) is 105 Å². The van der Waals surface area contributed by atoms with Crippen LogP contribution in [0.3, 0.4) is 0 Å². The van der Waals surface area contributed by atoms with E-state index in [2.05, 4.69) is 28.1 Å². The number of para-hydroxylation sites is 1. The van der Waals surface area contributed by atoms with Gasteiger partial charge in [0.1, 0.15) is 17.5 Å². The second-order valence-corrected chi connectivity index (χ2v) is 9.96. The van der Waals surface area contributed by atoms with Gasteiger partial charge in [0.25, 0.3) is 5.56 Å². The summed E-state index contributed by atoms with van der Waals surface area (Å²) in [7, 11) is 0. The molecule has 0 spiro atoms. The Morgan fingerprint density at radius 3 is 2.68 bits per heavy atom. The zero-order valence-corrected chi connectivity index (χ0v) is 20.6. The normalized spacial score (nSPS) is 15.3. The lowest BCUT2D eigenvalue weighted by atomic mass is 10.0. The van der Waals surface area contributed by atoms with Gasteiger partial charge in [-0.15, -0.1) is 5.10 Å². The highest BCUT2D eigenvalue weighted by atomic mass is 32.1. The van der Waals surface area contributed by atoms with Crippen molar-refractivity contribution in [2.24, 2.45) is 0 Å². The first-order valence-corrected chi connectivity index (χ1v) is 12.7. The molecule has 7 rings (SSSR count). The van der Waals surface area contributed by atoms with Gasteiger partial charge in [0.05, 0.1) is 10.2 Å². The van der Waals surface area contributed by atoms with Crippen LogP contribution in [0.5, 0.6) is 5.75 Å². The Hall–Kier alpha value is -4.63. The molecule has 0 fully saturated rings. The van der Waals surface area contributed by atoms with Crippen LogP contribution in [0.15, 0.2) is 84.0 Å². The predicted molar refractivity (Wildman–Crippen MR) is 142 cm³/mol. The molecule has 4 aromatic heterocycles. The molecule has 180 valence electrons. The van der Waals surface area contributed by atoms with Crippen molar-refractivity contribution in [2.75, 3.05) is 0 Å². The van der Waals surface area contributed by atoms with Crippen molar-refractivity contribution in [3.8, 4) is 34.1 Å². The van der Waals surface area contributed by atoms with E-state index in [0.29, 0.717) is 15.3 Å². The van der Waals surface area contributed by atoms with Gasteiger partial charge in [0.15, 0.2) is 5.82 Å². The summed E-state index contributed by atoms with van der Waals surface area (Å²) >= 11 is 1.31.